The lowest BCUT2D eigenvalue weighted by atomic mass is 10.0. The number of nitrogens with one attached hydrogen (secondary N) is 2. The lowest BCUT2D eigenvalue weighted by Gasteiger charge is -2.17. The summed E-state index contributed by atoms with van der Waals surface area (Å²) in [6.45, 7) is 2.92. The molecular weight excluding hydrogens is 294 g/mol. The molecule has 6 heteroatoms. The van der Waals surface area contributed by atoms with Crippen molar-refractivity contribution in [2.45, 2.75) is 13.0 Å². The summed E-state index contributed by atoms with van der Waals surface area (Å²) in [5.41, 5.74) is 1.72. The number of carbonyl (C=O) groups excluding carboxylic acids is 1. The van der Waals surface area contributed by atoms with Gasteiger partial charge in [-0.2, -0.15) is 0 Å². The lowest BCUT2D eigenvalue weighted by Crippen LogP contribution is -2.35. The van der Waals surface area contributed by atoms with E-state index in [4.69, 9.17) is 4.74 Å². The second kappa shape index (κ2) is 6.26. The molecule has 2 heterocycles. The summed E-state index contributed by atoms with van der Waals surface area (Å²) in [6.07, 6.45) is 1.73. The minimum absolute atomic E-state index is 0.234. The smallest absolute Gasteiger partial charge is 0.274 e. The van der Waals surface area contributed by atoms with Crippen molar-refractivity contribution < 1.29 is 9.53 Å². The molecule has 2 aromatic rings. The van der Waals surface area contributed by atoms with Crippen LogP contribution in [-0.4, -0.2) is 23.6 Å². The van der Waals surface area contributed by atoms with E-state index in [-0.39, 0.29) is 17.2 Å². The van der Waals surface area contributed by atoms with Gasteiger partial charge in [-0.1, -0.05) is 18.2 Å². The maximum absolute atomic E-state index is 12.7. The fourth-order valence-electron chi connectivity index (χ4n) is 2.73. The molecule has 0 saturated carbocycles. The van der Waals surface area contributed by atoms with Gasteiger partial charge in [0, 0.05) is 25.4 Å². The summed E-state index contributed by atoms with van der Waals surface area (Å²) in [6, 6.07) is 8.55. The maximum atomic E-state index is 12.7. The number of para-hydroxylation sites is 1. The topological polar surface area (TPSA) is 72.4 Å². The Morgan fingerprint density at radius 3 is 3.00 bits per heavy atom. The van der Waals surface area contributed by atoms with Gasteiger partial charge in [-0.05, 0) is 24.6 Å². The van der Waals surface area contributed by atoms with E-state index in [1.54, 1.807) is 19.3 Å². The number of aryl methyl sites for hydroxylation is 2. The molecule has 1 aromatic heterocycles. The van der Waals surface area contributed by atoms with Crippen LogP contribution in [0.3, 0.4) is 0 Å². The molecule has 6 nitrogen and oxygen atoms in total. The first-order chi connectivity index (χ1) is 11.1. The first-order valence-electron chi connectivity index (χ1n) is 7.49. The summed E-state index contributed by atoms with van der Waals surface area (Å²) in [4.78, 5) is 24.8. The highest BCUT2D eigenvalue weighted by molar-refractivity contribution is 5.96. The highest BCUT2D eigenvalue weighted by atomic mass is 16.5. The predicted molar refractivity (Wildman–Crippen MR) is 87.7 cm³/mol. The summed E-state index contributed by atoms with van der Waals surface area (Å²) < 4.78 is 7.09. The van der Waals surface area contributed by atoms with Crippen LogP contribution in [0.4, 0.5) is 5.69 Å². The van der Waals surface area contributed by atoms with Crippen LogP contribution >= 0.6 is 0 Å². The van der Waals surface area contributed by atoms with Crippen molar-refractivity contribution in [2.75, 3.05) is 18.5 Å². The van der Waals surface area contributed by atoms with Crippen LogP contribution in [0.5, 0.6) is 5.75 Å². The van der Waals surface area contributed by atoms with Crippen LogP contribution in [0.25, 0.3) is 0 Å². The van der Waals surface area contributed by atoms with Crippen molar-refractivity contribution >= 4 is 11.6 Å². The zero-order valence-electron chi connectivity index (χ0n) is 13.1. The number of nitrogens with zero attached hydrogens (tertiary/aromatic N) is 1. The van der Waals surface area contributed by atoms with Gasteiger partial charge >= 0.3 is 0 Å². The van der Waals surface area contributed by atoms with E-state index >= 15 is 0 Å². The van der Waals surface area contributed by atoms with Gasteiger partial charge in [-0.3, -0.25) is 14.9 Å². The minimum atomic E-state index is -0.557. The highest BCUT2D eigenvalue weighted by Gasteiger charge is 2.26. The zero-order valence-corrected chi connectivity index (χ0v) is 13.1. The van der Waals surface area contributed by atoms with Gasteiger partial charge in [0.15, 0.2) is 0 Å². The number of anilines is 1. The standard InChI is InChI=1S/C17H19N3O3/c1-11-9-13(17(22)20(2)10-11)19-16(21)15-12-5-3-4-6-14(12)23-8-7-18-15/h3-6,9-10,15,18H,7-8H2,1-2H3,(H,19,21). The number of benzene rings is 1. The number of fused-ring (bicyclic) bond motifs is 1. The molecule has 0 aliphatic carbocycles. The monoisotopic (exact) mass is 313 g/mol. The van der Waals surface area contributed by atoms with Gasteiger partial charge in [0.2, 0.25) is 5.91 Å². The van der Waals surface area contributed by atoms with E-state index in [0.29, 0.717) is 18.9 Å². The highest BCUT2D eigenvalue weighted by Crippen LogP contribution is 2.27. The first-order valence-corrected chi connectivity index (χ1v) is 7.49. The number of amides is 1. The molecule has 1 aliphatic rings. The average Bonchev–Trinajstić information content (AvgIpc) is 2.74. The normalized spacial score (nSPS) is 16.9. The Morgan fingerprint density at radius 1 is 1.39 bits per heavy atom. The van der Waals surface area contributed by atoms with E-state index in [1.165, 1.54) is 4.57 Å². The average molecular weight is 313 g/mol. The third kappa shape index (κ3) is 3.12. The zero-order chi connectivity index (χ0) is 16.4. The number of carbonyl (C=O) groups is 1. The van der Waals surface area contributed by atoms with Gasteiger partial charge in [-0.15, -0.1) is 0 Å². The number of rotatable bonds is 2. The van der Waals surface area contributed by atoms with E-state index in [9.17, 15) is 9.59 Å². The van der Waals surface area contributed by atoms with E-state index in [2.05, 4.69) is 10.6 Å². The molecule has 1 atom stereocenters. The van der Waals surface area contributed by atoms with Crippen molar-refractivity contribution in [3.8, 4) is 5.75 Å². The molecule has 1 aliphatic heterocycles. The Labute approximate surface area is 134 Å². The third-order valence-corrected chi connectivity index (χ3v) is 3.78. The number of ether oxygens (including phenoxy) is 1. The number of hydrogen-bond acceptors (Lipinski definition) is 4. The molecule has 0 fully saturated rings. The van der Waals surface area contributed by atoms with Crippen molar-refractivity contribution in [3.63, 3.8) is 0 Å². The minimum Gasteiger partial charge on any atom is -0.492 e. The van der Waals surface area contributed by atoms with Crippen LogP contribution in [0.15, 0.2) is 41.3 Å². The Kier molecular flexibility index (Phi) is 4.16. The predicted octanol–water partition coefficient (Wildman–Crippen LogP) is 1.36. The van der Waals surface area contributed by atoms with Crippen molar-refractivity contribution in [2.24, 2.45) is 7.05 Å². The van der Waals surface area contributed by atoms with Crippen LogP contribution in [0.2, 0.25) is 0 Å². The van der Waals surface area contributed by atoms with Crippen LogP contribution in [-0.2, 0) is 11.8 Å². The van der Waals surface area contributed by atoms with E-state index in [1.807, 2.05) is 31.2 Å². The second-order valence-corrected chi connectivity index (χ2v) is 5.61. The van der Waals surface area contributed by atoms with Gasteiger partial charge in [0.1, 0.15) is 24.1 Å². The molecule has 120 valence electrons. The van der Waals surface area contributed by atoms with Gasteiger partial charge in [-0.25, -0.2) is 0 Å². The quantitative estimate of drug-likeness (QED) is 0.878. The second-order valence-electron chi connectivity index (χ2n) is 5.61. The molecule has 2 N–H and O–H groups in total. The summed E-state index contributed by atoms with van der Waals surface area (Å²) in [5, 5.41) is 5.90. The van der Waals surface area contributed by atoms with E-state index < -0.39 is 6.04 Å². The van der Waals surface area contributed by atoms with Crippen LogP contribution in [0.1, 0.15) is 17.2 Å². The summed E-state index contributed by atoms with van der Waals surface area (Å²) >= 11 is 0. The Morgan fingerprint density at radius 2 is 2.17 bits per heavy atom. The molecule has 1 unspecified atom stereocenters. The number of aromatic nitrogens is 1. The number of hydrogen-bond donors (Lipinski definition) is 2. The largest absolute Gasteiger partial charge is 0.492 e. The molecule has 3 rings (SSSR count). The molecule has 0 radical (unpaired) electrons. The third-order valence-electron chi connectivity index (χ3n) is 3.78. The van der Waals surface area contributed by atoms with Gasteiger partial charge in [0.05, 0.1) is 0 Å². The maximum Gasteiger partial charge on any atom is 0.274 e. The van der Waals surface area contributed by atoms with Gasteiger partial charge in [0.25, 0.3) is 5.56 Å². The van der Waals surface area contributed by atoms with Crippen molar-refractivity contribution in [1.82, 2.24) is 9.88 Å². The Bertz CT molecular complexity index is 798. The summed E-state index contributed by atoms with van der Waals surface area (Å²) in [5.74, 6) is 0.417. The molecule has 0 spiro atoms. The molecule has 0 bridgehead atoms. The number of pyridine rings is 1. The molecule has 0 saturated heterocycles. The fourth-order valence-corrected chi connectivity index (χ4v) is 2.73. The van der Waals surface area contributed by atoms with Gasteiger partial charge < -0.3 is 14.6 Å². The lowest BCUT2D eigenvalue weighted by molar-refractivity contribution is -0.118. The molecular formula is C17H19N3O3. The SMILES string of the molecule is Cc1cc(NC(=O)C2NCCOc3ccccc32)c(=O)n(C)c1. The molecule has 23 heavy (non-hydrogen) atoms. The van der Waals surface area contributed by atoms with Crippen LogP contribution in [0, 0.1) is 6.92 Å². The molecule has 1 aromatic carbocycles. The van der Waals surface area contributed by atoms with Crippen molar-refractivity contribution in [3.05, 3.63) is 58.0 Å². The molecule has 1 amide bonds. The summed E-state index contributed by atoms with van der Waals surface area (Å²) in [7, 11) is 1.66. The fraction of sp³-hybridized carbons (Fsp3) is 0.294. The van der Waals surface area contributed by atoms with E-state index in [0.717, 1.165) is 11.1 Å². The van der Waals surface area contributed by atoms with Crippen molar-refractivity contribution in [1.29, 1.82) is 0 Å². The first kappa shape index (κ1) is 15.3. The Balaban J connectivity index is 1.91. The van der Waals surface area contributed by atoms with Crippen LogP contribution < -0.4 is 20.9 Å². The Hall–Kier alpha value is -2.60.